The van der Waals surface area contributed by atoms with Gasteiger partial charge in [-0.25, -0.2) is 0 Å². The van der Waals surface area contributed by atoms with Gasteiger partial charge in [-0.1, -0.05) is 0 Å². The Morgan fingerprint density at radius 2 is 2.20 bits per heavy atom. The number of nitrogens with one attached hydrogen (secondary N) is 2. The molecule has 0 aromatic carbocycles. The van der Waals surface area contributed by atoms with Crippen molar-refractivity contribution < 1.29 is 9.59 Å². The number of piperidine rings is 3. The zero-order chi connectivity index (χ0) is 14.2. The van der Waals surface area contributed by atoms with Crippen LogP contribution in [0, 0.1) is 5.92 Å². The van der Waals surface area contributed by atoms with Crippen LogP contribution in [0.25, 0.3) is 0 Å². The van der Waals surface area contributed by atoms with E-state index in [2.05, 4.69) is 10.6 Å². The summed E-state index contributed by atoms with van der Waals surface area (Å²) in [4.78, 5) is 26.2. The molecule has 2 amide bonds. The standard InChI is InChI=1S/C15H25N3O2/c1-15(7-2-3-8-16-15)14(20)18-9-6-12-11(10-18)4-5-13(19)17-12/h11-12,16H,2-10H2,1H3,(H,17,19). The van der Waals surface area contributed by atoms with Gasteiger partial charge in [0.25, 0.3) is 0 Å². The van der Waals surface area contributed by atoms with Gasteiger partial charge in [0.1, 0.15) is 0 Å². The first-order valence-electron chi connectivity index (χ1n) is 7.92. The van der Waals surface area contributed by atoms with Gasteiger partial charge in [0.15, 0.2) is 0 Å². The van der Waals surface area contributed by atoms with Crippen molar-refractivity contribution in [1.29, 1.82) is 0 Å². The van der Waals surface area contributed by atoms with Gasteiger partial charge in [-0.15, -0.1) is 0 Å². The molecule has 112 valence electrons. The van der Waals surface area contributed by atoms with Crippen LogP contribution >= 0.6 is 0 Å². The molecule has 5 heteroatoms. The van der Waals surface area contributed by atoms with E-state index < -0.39 is 0 Å². The molecule has 0 aromatic heterocycles. The van der Waals surface area contributed by atoms with Crippen molar-refractivity contribution in [2.45, 2.75) is 57.0 Å². The highest BCUT2D eigenvalue weighted by molar-refractivity contribution is 5.86. The van der Waals surface area contributed by atoms with Crippen molar-refractivity contribution in [3.8, 4) is 0 Å². The summed E-state index contributed by atoms with van der Waals surface area (Å²) in [7, 11) is 0. The molecule has 3 aliphatic heterocycles. The number of carbonyl (C=O) groups is 2. The second kappa shape index (κ2) is 5.35. The molecule has 3 aliphatic rings. The summed E-state index contributed by atoms with van der Waals surface area (Å²) in [6, 6.07) is 0.285. The van der Waals surface area contributed by atoms with Crippen LogP contribution < -0.4 is 10.6 Å². The minimum Gasteiger partial charge on any atom is -0.353 e. The summed E-state index contributed by atoms with van der Waals surface area (Å²) < 4.78 is 0. The van der Waals surface area contributed by atoms with E-state index in [1.165, 1.54) is 6.42 Å². The van der Waals surface area contributed by atoms with Gasteiger partial charge in [-0.3, -0.25) is 9.59 Å². The largest absolute Gasteiger partial charge is 0.353 e. The minimum absolute atomic E-state index is 0.173. The van der Waals surface area contributed by atoms with E-state index in [-0.39, 0.29) is 23.4 Å². The van der Waals surface area contributed by atoms with E-state index in [0.717, 1.165) is 45.3 Å². The third kappa shape index (κ3) is 2.55. The van der Waals surface area contributed by atoms with Crippen LogP contribution in [0.5, 0.6) is 0 Å². The van der Waals surface area contributed by atoms with Crippen LogP contribution in [0.1, 0.15) is 45.4 Å². The number of hydrogen-bond acceptors (Lipinski definition) is 3. The SMILES string of the molecule is CC1(C(=O)N2CCC3NC(=O)CCC3C2)CCCCN1. The molecule has 0 radical (unpaired) electrons. The highest BCUT2D eigenvalue weighted by Gasteiger charge is 2.41. The third-order valence-electron chi connectivity index (χ3n) is 5.20. The number of rotatable bonds is 1. The monoisotopic (exact) mass is 279 g/mol. The van der Waals surface area contributed by atoms with Crippen molar-refractivity contribution >= 4 is 11.8 Å². The fourth-order valence-corrected chi connectivity index (χ4v) is 3.88. The highest BCUT2D eigenvalue weighted by atomic mass is 16.2. The fourth-order valence-electron chi connectivity index (χ4n) is 3.88. The predicted molar refractivity (Wildman–Crippen MR) is 76.1 cm³/mol. The van der Waals surface area contributed by atoms with E-state index >= 15 is 0 Å². The Morgan fingerprint density at radius 1 is 1.35 bits per heavy atom. The van der Waals surface area contributed by atoms with E-state index in [1.807, 2.05) is 11.8 Å². The van der Waals surface area contributed by atoms with Crippen molar-refractivity contribution in [3.63, 3.8) is 0 Å². The highest BCUT2D eigenvalue weighted by Crippen LogP contribution is 2.28. The number of hydrogen-bond donors (Lipinski definition) is 2. The van der Waals surface area contributed by atoms with Crippen molar-refractivity contribution in [3.05, 3.63) is 0 Å². The summed E-state index contributed by atoms with van der Waals surface area (Å²) in [6.07, 6.45) is 5.67. The van der Waals surface area contributed by atoms with Crippen LogP contribution in [-0.4, -0.2) is 47.9 Å². The lowest BCUT2D eigenvalue weighted by atomic mass is 9.83. The summed E-state index contributed by atoms with van der Waals surface area (Å²) in [6.45, 7) is 4.57. The molecule has 0 bridgehead atoms. The Morgan fingerprint density at radius 3 is 2.95 bits per heavy atom. The lowest BCUT2D eigenvalue weighted by Crippen LogP contribution is -2.62. The minimum atomic E-state index is -0.372. The van der Waals surface area contributed by atoms with Gasteiger partial charge in [0, 0.05) is 25.6 Å². The average molecular weight is 279 g/mol. The Hall–Kier alpha value is -1.10. The van der Waals surface area contributed by atoms with Gasteiger partial charge in [-0.2, -0.15) is 0 Å². The maximum atomic E-state index is 12.8. The number of likely N-dealkylation sites (tertiary alicyclic amines) is 1. The van der Waals surface area contributed by atoms with Gasteiger partial charge in [0.2, 0.25) is 11.8 Å². The molecule has 0 aromatic rings. The third-order valence-corrected chi connectivity index (χ3v) is 5.20. The number of fused-ring (bicyclic) bond motifs is 1. The normalized spacial score (nSPS) is 38.0. The topological polar surface area (TPSA) is 61.4 Å². The van der Waals surface area contributed by atoms with Crippen molar-refractivity contribution in [2.24, 2.45) is 5.92 Å². The lowest BCUT2D eigenvalue weighted by Gasteiger charge is -2.45. The maximum Gasteiger partial charge on any atom is 0.242 e. The quantitative estimate of drug-likeness (QED) is 0.741. The average Bonchev–Trinajstić information content (AvgIpc) is 2.46. The van der Waals surface area contributed by atoms with Crippen LogP contribution in [0.2, 0.25) is 0 Å². The van der Waals surface area contributed by atoms with E-state index in [0.29, 0.717) is 12.3 Å². The first-order chi connectivity index (χ1) is 9.58. The summed E-state index contributed by atoms with van der Waals surface area (Å²) in [5.41, 5.74) is -0.372. The van der Waals surface area contributed by atoms with E-state index in [4.69, 9.17) is 0 Å². The van der Waals surface area contributed by atoms with Crippen LogP contribution in [-0.2, 0) is 9.59 Å². The molecule has 0 spiro atoms. The van der Waals surface area contributed by atoms with E-state index in [9.17, 15) is 9.59 Å². The Kier molecular flexibility index (Phi) is 3.71. The molecule has 3 rings (SSSR count). The molecular weight excluding hydrogens is 254 g/mol. The zero-order valence-electron chi connectivity index (χ0n) is 12.3. The summed E-state index contributed by atoms with van der Waals surface area (Å²) in [5.74, 6) is 0.872. The number of amides is 2. The van der Waals surface area contributed by atoms with Crippen molar-refractivity contribution in [2.75, 3.05) is 19.6 Å². The molecule has 0 saturated carbocycles. The molecule has 3 heterocycles. The smallest absolute Gasteiger partial charge is 0.242 e. The fraction of sp³-hybridized carbons (Fsp3) is 0.867. The maximum absolute atomic E-state index is 12.8. The lowest BCUT2D eigenvalue weighted by molar-refractivity contribution is -0.141. The van der Waals surface area contributed by atoms with Gasteiger partial charge in [0.05, 0.1) is 5.54 Å². The Labute approximate surface area is 120 Å². The molecule has 0 aliphatic carbocycles. The Balaban J connectivity index is 1.64. The summed E-state index contributed by atoms with van der Waals surface area (Å²) >= 11 is 0. The number of carbonyl (C=O) groups excluding carboxylic acids is 2. The second-order valence-corrected chi connectivity index (χ2v) is 6.73. The molecule has 3 saturated heterocycles. The first-order valence-corrected chi connectivity index (χ1v) is 7.92. The molecule has 3 fully saturated rings. The van der Waals surface area contributed by atoms with Crippen LogP contribution in [0.3, 0.4) is 0 Å². The van der Waals surface area contributed by atoms with Crippen LogP contribution in [0.15, 0.2) is 0 Å². The van der Waals surface area contributed by atoms with Crippen molar-refractivity contribution in [1.82, 2.24) is 15.5 Å². The number of nitrogens with zero attached hydrogens (tertiary/aromatic N) is 1. The second-order valence-electron chi connectivity index (χ2n) is 6.73. The molecule has 2 N–H and O–H groups in total. The van der Waals surface area contributed by atoms with Crippen LogP contribution in [0.4, 0.5) is 0 Å². The molecule has 5 nitrogen and oxygen atoms in total. The zero-order valence-corrected chi connectivity index (χ0v) is 12.3. The summed E-state index contributed by atoms with van der Waals surface area (Å²) in [5, 5.41) is 6.48. The molecular formula is C15H25N3O2. The molecule has 3 unspecified atom stereocenters. The predicted octanol–water partition coefficient (Wildman–Crippen LogP) is 0.646. The molecule has 3 atom stereocenters. The van der Waals surface area contributed by atoms with Gasteiger partial charge in [-0.05, 0) is 51.5 Å². The van der Waals surface area contributed by atoms with E-state index in [1.54, 1.807) is 0 Å². The van der Waals surface area contributed by atoms with Gasteiger partial charge < -0.3 is 15.5 Å². The first kappa shape index (κ1) is 13.9. The molecule has 20 heavy (non-hydrogen) atoms. The van der Waals surface area contributed by atoms with Gasteiger partial charge >= 0.3 is 0 Å². The Bertz CT molecular complexity index is 404.